The lowest BCUT2D eigenvalue weighted by atomic mass is 10.1. The Hall–Kier alpha value is -1.65. The zero-order valence-electron chi connectivity index (χ0n) is 12.7. The molecule has 0 bridgehead atoms. The van der Waals surface area contributed by atoms with Gasteiger partial charge in [-0.15, -0.1) is 0 Å². The van der Waals surface area contributed by atoms with Gasteiger partial charge in [0.25, 0.3) is 0 Å². The van der Waals surface area contributed by atoms with Crippen molar-refractivity contribution in [3.63, 3.8) is 0 Å². The summed E-state index contributed by atoms with van der Waals surface area (Å²) in [5.74, 6) is 0.149. The molecule has 118 valence electrons. The van der Waals surface area contributed by atoms with Gasteiger partial charge in [0.1, 0.15) is 0 Å². The van der Waals surface area contributed by atoms with E-state index in [1.165, 1.54) is 5.56 Å². The van der Waals surface area contributed by atoms with Crippen LogP contribution in [0.4, 0.5) is 0 Å². The number of unbranched alkanes of at least 4 members (excludes halogenated alkanes) is 1. The molecule has 0 unspecified atom stereocenters. The topological polar surface area (TPSA) is 46.2 Å². The van der Waals surface area contributed by atoms with Gasteiger partial charge in [0.05, 0.1) is 5.75 Å². The Morgan fingerprint density at radius 3 is 1.86 bits per heavy atom. The first-order chi connectivity index (χ1) is 10.7. The zero-order chi connectivity index (χ0) is 15.7. The van der Waals surface area contributed by atoms with E-state index in [1.54, 1.807) is 0 Å². The van der Waals surface area contributed by atoms with Gasteiger partial charge >= 0.3 is 0 Å². The van der Waals surface area contributed by atoms with Crippen LogP contribution in [0, 0.1) is 0 Å². The van der Waals surface area contributed by atoms with E-state index >= 15 is 0 Å². The Bertz CT molecular complexity index is 639. The van der Waals surface area contributed by atoms with E-state index < -0.39 is 10.0 Å². The van der Waals surface area contributed by atoms with Crippen molar-refractivity contribution in [2.45, 2.75) is 25.7 Å². The largest absolute Gasteiger partial charge is 0.215 e. The van der Waals surface area contributed by atoms with Gasteiger partial charge in [-0.2, -0.15) is 0 Å². The summed E-state index contributed by atoms with van der Waals surface area (Å²) in [5, 5.41) is 0. The number of rotatable bonds is 9. The third kappa shape index (κ3) is 6.41. The van der Waals surface area contributed by atoms with E-state index in [4.69, 9.17) is 0 Å². The fraction of sp³-hybridized carbons (Fsp3) is 0.333. The maximum Gasteiger partial charge on any atom is 0.211 e. The first-order valence-electron chi connectivity index (χ1n) is 7.71. The Morgan fingerprint density at radius 2 is 1.27 bits per heavy atom. The second-order valence-corrected chi connectivity index (χ2v) is 7.32. The lowest BCUT2D eigenvalue weighted by Crippen LogP contribution is -2.28. The number of benzene rings is 2. The van der Waals surface area contributed by atoms with Crippen molar-refractivity contribution >= 4 is 10.0 Å². The normalized spacial score (nSPS) is 11.5. The second-order valence-electron chi connectivity index (χ2n) is 5.39. The van der Waals surface area contributed by atoms with Crippen LogP contribution in [0.5, 0.6) is 0 Å². The van der Waals surface area contributed by atoms with Crippen LogP contribution in [0.3, 0.4) is 0 Å². The van der Waals surface area contributed by atoms with E-state index in [0.29, 0.717) is 13.0 Å². The lowest BCUT2D eigenvalue weighted by Gasteiger charge is -2.07. The minimum absolute atomic E-state index is 0.149. The summed E-state index contributed by atoms with van der Waals surface area (Å²) in [7, 11) is -3.17. The highest BCUT2D eigenvalue weighted by atomic mass is 32.2. The third-order valence-electron chi connectivity index (χ3n) is 3.56. The van der Waals surface area contributed by atoms with E-state index in [0.717, 1.165) is 24.8 Å². The Morgan fingerprint density at radius 1 is 0.727 bits per heavy atom. The molecule has 0 saturated carbocycles. The summed E-state index contributed by atoms with van der Waals surface area (Å²) in [6.07, 6.45) is 3.40. The number of aryl methyl sites for hydroxylation is 2. The van der Waals surface area contributed by atoms with Gasteiger partial charge in [-0.25, -0.2) is 13.1 Å². The molecule has 0 saturated heterocycles. The molecule has 2 rings (SSSR count). The van der Waals surface area contributed by atoms with Crippen molar-refractivity contribution in [2.24, 2.45) is 0 Å². The fourth-order valence-corrected chi connectivity index (χ4v) is 3.40. The van der Waals surface area contributed by atoms with E-state index in [-0.39, 0.29) is 5.75 Å². The molecule has 0 heterocycles. The zero-order valence-corrected chi connectivity index (χ0v) is 13.6. The van der Waals surface area contributed by atoms with Gasteiger partial charge in [-0.3, -0.25) is 0 Å². The average Bonchev–Trinajstić information content (AvgIpc) is 2.55. The molecule has 0 fully saturated rings. The van der Waals surface area contributed by atoms with Crippen molar-refractivity contribution in [1.29, 1.82) is 0 Å². The van der Waals surface area contributed by atoms with Crippen LogP contribution in [0.2, 0.25) is 0 Å². The molecule has 22 heavy (non-hydrogen) atoms. The van der Waals surface area contributed by atoms with Gasteiger partial charge < -0.3 is 0 Å². The average molecular weight is 317 g/mol. The molecule has 3 nitrogen and oxygen atoms in total. The van der Waals surface area contributed by atoms with Crippen LogP contribution in [0.1, 0.15) is 24.0 Å². The predicted molar refractivity (Wildman–Crippen MR) is 91.3 cm³/mol. The van der Waals surface area contributed by atoms with Crippen LogP contribution in [-0.2, 0) is 22.9 Å². The quantitative estimate of drug-likeness (QED) is 0.722. The first kappa shape index (κ1) is 16.7. The summed E-state index contributed by atoms with van der Waals surface area (Å²) in [5.41, 5.74) is 2.35. The van der Waals surface area contributed by atoms with Gasteiger partial charge in [0, 0.05) is 6.54 Å². The van der Waals surface area contributed by atoms with Crippen LogP contribution >= 0.6 is 0 Å². The first-order valence-corrected chi connectivity index (χ1v) is 9.36. The molecule has 4 heteroatoms. The number of nitrogens with one attached hydrogen (secondary N) is 1. The summed E-state index contributed by atoms with van der Waals surface area (Å²) in [6, 6.07) is 20.0. The van der Waals surface area contributed by atoms with Crippen LogP contribution in [0.25, 0.3) is 0 Å². The molecule has 0 aliphatic rings. The van der Waals surface area contributed by atoms with E-state index in [1.807, 2.05) is 48.5 Å². The number of hydrogen-bond acceptors (Lipinski definition) is 2. The standard InChI is InChI=1S/C18H23NO2S/c20-22(21,16-14-18-11-5-2-6-12-18)19-15-8-7-13-17-9-3-1-4-10-17/h1-6,9-12,19H,7-8,13-16H2. The van der Waals surface area contributed by atoms with Gasteiger partial charge in [0.15, 0.2) is 0 Å². The molecular formula is C18H23NO2S. The highest BCUT2D eigenvalue weighted by molar-refractivity contribution is 7.89. The van der Waals surface area contributed by atoms with Crippen molar-refractivity contribution in [1.82, 2.24) is 4.72 Å². The van der Waals surface area contributed by atoms with Gasteiger partial charge in [-0.1, -0.05) is 60.7 Å². The van der Waals surface area contributed by atoms with Crippen LogP contribution < -0.4 is 4.72 Å². The molecular weight excluding hydrogens is 294 g/mol. The van der Waals surface area contributed by atoms with E-state index in [2.05, 4.69) is 16.9 Å². The minimum Gasteiger partial charge on any atom is -0.215 e. The molecule has 0 amide bonds. The maximum atomic E-state index is 11.9. The molecule has 0 aliphatic heterocycles. The molecule has 0 radical (unpaired) electrons. The number of hydrogen-bond donors (Lipinski definition) is 1. The van der Waals surface area contributed by atoms with Crippen molar-refractivity contribution in [3.05, 3.63) is 71.8 Å². The summed E-state index contributed by atoms with van der Waals surface area (Å²) >= 11 is 0. The molecule has 0 atom stereocenters. The van der Waals surface area contributed by atoms with Crippen molar-refractivity contribution < 1.29 is 8.42 Å². The Kier molecular flexibility index (Phi) is 6.62. The smallest absolute Gasteiger partial charge is 0.211 e. The Balaban J connectivity index is 1.63. The SMILES string of the molecule is O=S(=O)(CCc1ccccc1)NCCCCc1ccccc1. The molecule has 2 aromatic rings. The highest BCUT2D eigenvalue weighted by Crippen LogP contribution is 2.05. The fourth-order valence-electron chi connectivity index (χ4n) is 2.30. The molecule has 0 spiro atoms. The van der Waals surface area contributed by atoms with Crippen molar-refractivity contribution in [2.75, 3.05) is 12.3 Å². The molecule has 2 aromatic carbocycles. The molecule has 1 N–H and O–H groups in total. The number of sulfonamides is 1. The monoisotopic (exact) mass is 317 g/mol. The molecule has 0 aromatic heterocycles. The van der Waals surface area contributed by atoms with Crippen LogP contribution in [0.15, 0.2) is 60.7 Å². The van der Waals surface area contributed by atoms with Gasteiger partial charge in [-0.05, 0) is 36.8 Å². The van der Waals surface area contributed by atoms with Crippen molar-refractivity contribution in [3.8, 4) is 0 Å². The predicted octanol–water partition coefficient (Wildman–Crippen LogP) is 3.17. The summed E-state index contributed by atoms with van der Waals surface area (Å²) < 4.78 is 26.5. The second kappa shape index (κ2) is 8.71. The highest BCUT2D eigenvalue weighted by Gasteiger charge is 2.09. The molecule has 0 aliphatic carbocycles. The van der Waals surface area contributed by atoms with E-state index in [9.17, 15) is 8.42 Å². The minimum atomic E-state index is -3.17. The van der Waals surface area contributed by atoms with Gasteiger partial charge in [0.2, 0.25) is 10.0 Å². The lowest BCUT2D eigenvalue weighted by molar-refractivity contribution is 0.576. The maximum absolute atomic E-state index is 11.9. The van der Waals surface area contributed by atoms with Crippen LogP contribution in [-0.4, -0.2) is 20.7 Å². The summed E-state index contributed by atoms with van der Waals surface area (Å²) in [4.78, 5) is 0. The third-order valence-corrected chi connectivity index (χ3v) is 4.94. The summed E-state index contributed by atoms with van der Waals surface area (Å²) in [6.45, 7) is 0.518. The Labute approximate surface area is 133 Å².